The second-order valence-corrected chi connectivity index (χ2v) is 4.05. The minimum absolute atomic E-state index is 0.0486. The summed E-state index contributed by atoms with van der Waals surface area (Å²) in [5, 5.41) is 12.5. The standard InChI is InChI=1S/C8H5BrClFN2O3/c1-3(14)12-7-5(11)2-4(9)6(10)8(7)13(15)16/h2H,1H3,(H,12,14). The van der Waals surface area contributed by atoms with Crippen LogP contribution >= 0.6 is 27.5 Å². The van der Waals surface area contributed by atoms with Gasteiger partial charge in [-0.25, -0.2) is 4.39 Å². The summed E-state index contributed by atoms with van der Waals surface area (Å²) in [6, 6.07) is 0.945. The molecule has 0 radical (unpaired) electrons. The van der Waals surface area contributed by atoms with Crippen molar-refractivity contribution in [3.8, 4) is 0 Å². The Bertz CT molecular complexity index is 481. The van der Waals surface area contributed by atoms with Crippen LogP contribution < -0.4 is 5.32 Å². The number of nitrogens with one attached hydrogen (secondary N) is 1. The maximum Gasteiger partial charge on any atom is 0.315 e. The van der Waals surface area contributed by atoms with Crippen molar-refractivity contribution in [1.29, 1.82) is 0 Å². The van der Waals surface area contributed by atoms with Crippen LogP contribution in [-0.4, -0.2) is 10.8 Å². The molecule has 1 aromatic rings. The Morgan fingerprint density at radius 2 is 2.25 bits per heavy atom. The van der Waals surface area contributed by atoms with E-state index in [0.29, 0.717) is 0 Å². The SMILES string of the molecule is CC(=O)Nc1c(F)cc(Br)c(Cl)c1[N+](=O)[O-]. The van der Waals surface area contributed by atoms with Gasteiger partial charge < -0.3 is 5.32 Å². The monoisotopic (exact) mass is 310 g/mol. The van der Waals surface area contributed by atoms with E-state index < -0.39 is 28.0 Å². The Morgan fingerprint density at radius 1 is 1.69 bits per heavy atom. The third-order valence-electron chi connectivity index (χ3n) is 1.63. The summed E-state index contributed by atoms with van der Waals surface area (Å²) in [4.78, 5) is 20.6. The molecule has 0 spiro atoms. The number of hydrogen-bond acceptors (Lipinski definition) is 3. The highest BCUT2D eigenvalue weighted by molar-refractivity contribution is 9.10. The Morgan fingerprint density at radius 3 is 2.69 bits per heavy atom. The second-order valence-electron chi connectivity index (χ2n) is 2.82. The van der Waals surface area contributed by atoms with Crippen LogP contribution in [0.2, 0.25) is 5.02 Å². The zero-order valence-electron chi connectivity index (χ0n) is 7.88. The first-order valence-electron chi connectivity index (χ1n) is 3.94. The first kappa shape index (κ1) is 12.9. The van der Waals surface area contributed by atoms with Crippen LogP contribution in [0.4, 0.5) is 15.8 Å². The predicted octanol–water partition coefficient (Wildman–Crippen LogP) is 3.11. The molecule has 16 heavy (non-hydrogen) atoms. The highest BCUT2D eigenvalue weighted by atomic mass is 79.9. The van der Waals surface area contributed by atoms with Crippen molar-refractivity contribution in [2.75, 3.05) is 5.32 Å². The number of benzene rings is 1. The summed E-state index contributed by atoms with van der Waals surface area (Å²) in [7, 11) is 0. The van der Waals surface area contributed by atoms with Crippen molar-refractivity contribution >= 4 is 44.8 Å². The van der Waals surface area contributed by atoms with Gasteiger partial charge in [0.05, 0.1) is 4.92 Å². The molecule has 0 fully saturated rings. The quantitative estimate of drug-likeness (QED) is 0.518. The summed E-state index contributed by atoms with van der Waals surface area (Å²) < 4.78 is 13.5. The topological polar surface area (TPSA) is 72.2 Å². The van der Waals surface area contributed by atoms with Crippen molar-refractivity contribution in [2.24, 2.45) is 0 Å². The number of amides is 1. The highest BCUT2D eigenvalue weighted by Crippen LogP contribution is 2.40. The molecule has 0 heterocycles. The van der Waals surface area contributed by atoms with Crippen molar-refractivity contribution in [2.45, 2.75) is 6.92 Å². The van der Waals surface area contributed by atoms with Gasteiger partial charge >= 0.3 is 5.69 Å². The molecule has 1 aromatic carbocycles. The Hall–Kier alpha value is -1.21. The molecule has 1 rings (SSSR count). The third-order valence-corrected chi connectivity index (χ3v) is 2.87. The van der Waals surface area contributed by atoms with Gasteiger partial charge in [0.15, 0.2) is 11.5 Å². The molecule has 0 unspecified atom stereocenters. The zero-order valence-corrected chi connectivity index (χ0v) is 10.2. The Kier molecular flexibility index (Phi) is 3.82. The number of nitro groups is 1. The molecule has 0 saturated carbocycles. The van der Waals surface area contributed by atoms with E-state index in [0.717, 1.165) is 13.0 Å². The second kappa shape index (κ2) is 4.75. The minimum Gasteiger partial charge on any atom is -0.318 e. The molecule has 0 aliphatic heterocycles. The maximum atomic E-state index is 13.4. The van der Waals surface area contributed by atoms with E-state index >= 15 is 0 Å². The number of anilines is 1. The van der Waals surface area contributed by atoms with Crippen LogP contribution in [0.5, 0.6) is 0 Å². The molecule has 86 valence electrons. The zero-order chi connectivity index (χ0) is 12.5. The number of nitrogens with zero attached hydrogens (tertiary/aromatic N) is 1. The largest absolute Gasteiger partial charge is 0.318 e. The first-order valence-corrected chi connectivity index (χ1v) is 5.11. The van der Waals surface area contributed by atoms with Crippen molar-refractivity contribution in [3.63, 3.8) is 0 Å². The molecule has 0 aliphatic rings. The summed E-state index contributed by atoms with van der Waals surface area (Å²) in [5.41, 5.74) is -1.21. The lowest BCUT2D eigenvalue weighted by molar-refractivity contribution is -0.384. The van der Waals surface area contributed by atoms with Crippen molar-refractivity contribution < 1.29 is 14.1 Å². The lowest BCUT2D eigenvalue weighted by Crippen LogP contribution is -2.10. The van der Waals surface area contributed by atoms with Crippen LogP contribution in [0.1, 0.15) is 6.92 Å². The van der Waals surface area contributed by atoms with Gasteiger partial charge in [-0.15, -0.1) is 0 Å². The Balaban J connectivity index is 3.50. The Labute approximate surface area is 103 Å². The molecule has 8 heteroatoms. The van der Waals surface area contributed by atoms with E-state index in [-0.39, 0.29) is 9.50 Å². The van der Waals surface area contributed by atoms with E-state index in [1.54, 1.807) is 0 Å². The average molecular weight is 311 g/mol. The smallest absolute Gasteiger partial charge is 0.315 e. The highest BCUT2D eigenvalue weighted by Gasteiger charge is 2.26. The summed E-state index contributed by atoms with van der Waals surface area (Å²) in [6.45, 7) is 1.11. The van der Waals surface area contributed by atoms with Crippen LogP contribution in [-0.2, 0) is 4.79 Å². The molecular weight excluding hydrogens is 306 g/mol. The van der Waals surface area contributed by atoms with Crippen molar-refractivity contribution in [1.82, 2.24) is 0 Å². The summed E-state index contributed by atoms with van der Waals surface area (Å²) in [6.07, 6.45) is 0. The van der Waals surface area contributed by atoms with Crippen LogP contribution in [0, 0.1) is 15.9 Å². The van der Waals surface area contributed by atoms with E-state index in [1.807, 2.05) is 5.32 Å². The summed E-state index contributed by atoms with van der Waals surface area (Å²) >= 11 is 8.52. The van der Waals surface area contributed by atoms with Gasteiger partial charge in [0.2, 0.25) is 5.91 Å². The molecule has 0 saturated heterocycles. The van der Waals surface area contributed by atoms with E-state index in [2.05, 4.69) is 15.9 Å². The molecule has 0 aromatic heterocycles. The molecule has 0 aliphatic carbocycles. The van der Waals surface area contributed by atoms with Gasteiger partial charge in [0.25, 0.3) is 0 Å². The number of rotatable bonds is 2. The number of carbonyl (C=O) groups is 1. The minimum atomic E-state index is -0.932. The van der Waals surface area contributed by atoms with Gasteiger partial charge in [0.1, 0.15) is 5.02 Å². The number of carbonyl (C=O) groups excluding carboxylic acids is 1. The lowest BCUT2D eigenvalue weighted by Gasteiger charge is -2.07. The molecule has 0 atom stereocenters. The molecule has 1 amide bonds. The molecule has 5 nitrogen and oxygen atoms in total. The lowest BCUT2D eigenvalue weighted by atomic mass is 10.2. The number of hydrogen-bond donors (Lipinski definition) is 1. The van der Waals surface area contributed by atoms with Gasteiger partial charge in [-0.2, -0.15) is 0 Å². The average Bonchev–Trinajstić information content (AvgIpc) is 2.13. The number of nitro benzene ring substituents is 1. The van der Waals surface area contributed by atoms with E-state index in [4.69, 9.17) is 11.6 Å². The van der Waals surface area contributed by atoms with Crippen LogP contribution in [0.3, 0.4) is 0 Å². The van der Waals surface area contributed by atoms with Crippen LogP contribution in [0.15, 0.2) is 10.5 Å². The van der Waals surface area contributed by atoms with Gasteiger partial charge in [-0.1, -0.05) is 11.6 Å². The molecule has 0 bridgehead atoms. The van der Waals surface area contributed by atoms with Gasteiger partial charge in [-0.05, 0) is 22.0 Å². The van der Waals surface area contributed by atoms with Gasteiger partial charge in [0, 0.05) is 11.4 Å². The van der Waals surface area contributed by atoms with Gasteiger partial charge in [-0.3, -0.25) is 14.9 Å². The van der Waals surface area contributed by atoms with E-state index in [1.165, 1.54) is 0 Å². The summed E-state index contributed by atoms with van der Waals surface area (Å²) in [5.74, 6) is -1.56. The van der Waals surface area contributed by atoms with Crippen molar-refractivity contribution in [3.05, 3.63) is 31.5 Å². The first-order chi connectivity index (χ1) is 7.34. The van der Waals surface area contributed by atoms with E-state index in [9.17, 15) is 19.3 Å². The maximum absolute atomic E-state index is 13.4. The number of halogens is 3. The third kappa shape index (κ3) is 2.48. The fraction of sp³-hybridized carbons (Fsp3) is 0.125. The molecule has 1 N–H and O–H groups in total. The fourth-order valence-electron chi connectivity index (χ4n) is 1.05. The molecular formula is C8H5BrClFN2O3. The normalized spacial score (nSPS) is 10.0. The van der Waals surface area contributed by atoms with Crippen LogP contribution in [0.25, 0.3) is 0 Å². The fourth-order valence-corrected chi connectivity index (χ4v) is 1.66. The predicted molar refractivity (Wildman–Crippen MR) is 60.1 cm³/mol.